The lowest BCUT2D eigenvalue weighted by Crippen LogP contribution is -2.00. The van der Waals surface area contributed by atoms with E-state index in [2.05, 4.69) is 20.9 Å². The van der Waals surface area contributed by atoms with Crippen molar-refractivity contribution in [2.75, 3.05) is 5.73 Å². The molecule has 0 aliphatic carbocycles. The highest BCUT2D eigenvalue weighted by molar-refractivity contribution is 9.10. The first-order chi connectivity index (χ1) is 8.56. The first-order valence-corrected chi connectivity index (χ1v) is 5.82. The molecule has 1 aromatic carbocycles. The van der Waals surface area contributed by atoms with E-state index in [-0.39, 0.29) is 18.0 Å². The first kappa shape index (κ1) is 12.8. The van der Waals surface area contributed by atoms with Crippen LogP contribution in [-0.4, -0.2) is 4.98 Å². The van der Waals surface area contributed by atoms with Gasteiger partial charge in [0, 0.05) is 34.6 Å². The van der Waals surface area contributed by atoms with E-state index < -0.39 is 11.6 Å². The second kappa shape index (κ2) is 5.30. The number of ether oxygens (including phenoxy) is 1. The van der Waals surface area contributed by atoms with Gasteiger partial charge in [-0.15, -0.1) is 0 Å². The van der Waals surface area contributed by atoms with Crippen molar-refractivity contribution in [3.63, 3.8) is 0 Å². The maximum absolute atomic E-state index is 13.4. The minimum atomic E-state index is -0.709. The quantitative estimate of drug-likeness (QED) is 0.884. The fraction of sp³-hybridized carbons (Fsp3) is 0.0833. The first-order valence-electron chi connectivity index (χ1n) is 5.03. The zero-order chi connectivity index (χ0) is 13.1. The molecule has 0 aliphatic rings. The lowest BCUT2D eigenvalue weighted by molar-refractivity contribution is 0.288. The Kier molecular flexibility index (Phi) is 3.76. The van der Waals surface area contributed by atoms with Gasteiger partial charge in [-0.25, -0.2) is 8.78 Å². The van der Waals surface area contributed by atoms with Crippen molar-refractivity contribution in [3.05, 3.63) is 52.3 Å². The van der Waals surface area contributed by atoms with Crippen LogP contribution in [0, 0.1) is 11.6 Å². The average Bonchev–Trinajstić information content (AvgIpc) is 2.32. The van der Waals surface area contributed by atoms with Gasteiger partial charge in [-0.1, -0.05) is 0 Å². The fourth-order valence-electron chi connectivity index (χ4n) is 1.35. The van der Waals surface area contributed by atoms with E-state index in [1.54, 1.807) is 18.5 Å². The van der Waals surface area contributed by atoms with Crippen LogP contribution in [0.3, 0.4) is 0 Å². The van der Waals surface area contributed by atoms with Crippen molar-refractivity contribution in [2.45, 2.75) is 6.61 Å². The molecule has 0 bridgehead atoms. The number of hydrogen-bond acceptors (Lipinski definition) is 3. The molecule has 1 aromatic heterocycles. The number of nitrogens with zero attached hydrogens (tertiary/aromatic N) is 1. The number of nitrogens with two attached hydrogens (primary N) is 1. The van der Waals surface area contributed by atoms with Gasteiger partial charge in [-0.2, -0.15) is 0 Å². The number of rotatable bonds is 3. The zero-order valence-corrected chi connectivity index (χ0v) is 10.7. The second-order valence-electron chi connectivity index (χ2n) is 3.60. The van der Waals surface area contributed by atoms with Crippen LogP contribution in [0.25, 0.3) is 0 Å². The molecule has 2 aromatic rings. The van der Waals surface area contributed by atoms with Crippen molar-refractivity contribution in [3.8, 4) is 5.75 Å². The van der Waals surface area contributed by atoms with Crippen LogP contribution in [0.15, 0.2) is 35.1 Å². The molecule has 0 aliphatic heterocycles. The van der Waals surface area contributed by atoms with Crippen LogP contribution < -0.4 is 10.5 Å². The Balaban J connectivity index is 2.13. The van der Waals surface area contributed by atoms with Gasteiger partial charge in [0.05, 0.1) is 5.69 Å². The second-order valence-corrected chi connectivity index (χ2v) is 4.52. The van der Waals surface area contributed by atoms with E-state index in [9.17, 15) is 8.78 Å². The Morgan fingerprint density at radius 3 is 2.67 bits per heavy atom. The van der Waals surface area contributed by atoms with E-state index in [1.807, 2.05) is 0 Å². The molecular weight excluding hydrogens is 306 g/mol. The van der Waals surface area contributed by atoms with Crippen LogP contribution in [0.2, 0.25) is 0 Å². The van der Waals surface area contributed by atoms with Gasteiger partial charge in [0.25, 0.3) is 0 Å². The van der Waals surface area contributed by atoms with E-state index in [0.29, 0.717) is 0 Å². The molecule has 0 saturated heterocycles. The maximum Gasteiger partial charge on any atom is 0.167 e. The molecule has 0 fully saturated rings. The van der Waals surface area contributed by atoms with E-state index in [0.717, 1.165) is 22.2 Å². The highest BCUT2D eigenvalue weighted by Crippen LogP contribution is 2.24. The Hall–Kier alpha value is -1.69. The topological polar surface area (TPSA) is 48.1 Å². The number of aromatic nitrogens is 1. The minimum absolute atomic E-state index is 0.0900. The van der Waals surface area contributed by atoms with Crippen LogP contribution in [0.4, 0.5) is 14.5 Å². The van der Waals surface area contributed by atoms with Crippen LogP contribution in [-0.2, 0) is 6.61 Å². The number of benzene rings is 1. The highest BCUT2D eigenvalue weighted by Gasteiger charge is 2.09. The van der Waals surface area contributed by atoms with Crippen LogP contribution in [0.5, 0.6) is 5.75 Å². The largest absolute Gasteiger partial charge is 0.486 e. The summed E-state index contributed by atoms with van der Waals surface area (Å²) < 4.78 is 32.5. The minimum Gasteiger partial charge on any atom is -0.486 e. The number of anilines is 1. The molecule has 3 nitrogen and oxygen atoms in total. The summed E-state index contributed by atoms with van der Waals surface area (Å²) in [7, 11) is 0. The predicted molar refractivity (Wildman–Crippen MR) is 67.0 cm³/mol. The summed E-state index contributed by atoms with van der Waals surface area (Å²) in [6, 6.07) is 3.60. The lowest BCUT2D eigenvalue weighted by Gasteiger charge is -2.08. The van der Waals surface area contributed by atoms with Crippen LogP contribution in [0.1, 0.15) is 5.56 Å². The van der Waals surface area contributed by atoms with Gasteiger partial charge in [-0.3, -0.25) is 4.98 Å². The van der Waals surface area contributed by atoms with Gasteiger partial charge in [0.15, 0.2) is 11.6 Å². The summed E-state index contributed by atoms with van der Waals surface area (Å²) in [5.74, 6) is -1.59. The molecule has 2 rings (SSSR count). The Morgan fingerprint density at radius 1 is 1.17 bits per heavy atom. The third-order valence-electron chi connectivity index (χ3n) is 2.21. The number of halogens is 3. The van der Waals surface area contributed by atoms with Crippen molar-refractivity contribution in [1.29, 1.82) is 0 Å². The Bertz CT molecular complexity index is 578. The Morgan fingerprint density at radius 2 is 1.94 bits per heavy atom. The van der Waals surface area contributed by atoms with Gasteiger partial charge in [-0.05, 0) is 22.0 Å². The van der Waals surface area contributed by atoms with Gasteiger partial charge >= 0.3 is 0 Å². The SMILES string of the molecule is Nc1cc(F)c(OCc2cncc(Br)c2)cc1F. The normalized spacial score (nSPS) is 10.4. The number of nitrogen functional groups attached to an aromatic ring is 1. The molecule has 0 saturated carbocycles. The molecule has 0 radical (unpaired) electrons. The molecular formula is C12H9BrF2N2O. The summed E-state index contributed by atoms with van der Waals surface area (Å²) in [5, 5.41) is 0. The zero-order valence-electron chi connectivity index (χ0n) is 9.16. The van der Waals surface area contributed by atoms with Gasteiger partial charge in [0.1, 0.15) is 12.4 Å². The standard InChI is InChI=1S/C12H9BrF2N2O/c13-8-1-7(4-17-5-8)6-18-12-3-9(14)11(16)2-10(12)15/h1-5H,6,16H2. The average molecular weight is 315 g/mol. The fourth-order valence-corrected chi connectivity index (χ4v) is 1.76. The number of pyridine rings is 1. The molecule has 2 N–H and O–H groups in total. The van der Waals surface area contributed by atoms with E-state index in [4.69, 9.17) is 10.5 Å². The molecule has 6 heteroatoms. The third-order valence-corrected chi connectivity index (χ3v) is 2.64. The molecule has 0 unspecified atom stereocenters. The van der Waals surface area contributed by atoms with Crippen molar-refractivity contribution in [1.82, 2.24) is 4.98 Å². The van der Waals surface area contributed by atoms with E-state index >= 15 is 0 Å². The molecule has 94 valence electrons. The molecule has 0 atom stereocenters. The molecule has 18 heavy (non-hydrogen) atoms. The summed E-state index contributed by atoms with van der Waals surface area (Å²) in [6.45, 7) is 0.0900. The van der Waals surface area contributed by atoms with Crippen LogP contribution >= 0.6 is 15.9 Å². The summed E-state index contributed by atoms with van der Waals surface area (Å²) >= 11 is 3.26. The summed E-state index contributed by atoms with van der Waals surface area (Å²) in [4.78, 5) is 3.94. The summed E-state index contributed by atoms with van der Waals surface area (Å²) in [5.41, 5.74) is 5.72. The molecule has 1 heterocycles. The van der Waals surface area contributed by atoms with Crippen molar-refractivity contribution < 1.29 is 13.5 Å². The van der Waals surface area contributed by atoms with Crippen molar-refractivity contribution >= 4 is 21.6 Å². The summed E-state index contributed by atoms with van der Waals surface area (Å²) in [6.07, 6.45) is 3.20. The molecule has 0 spiro atoms. The maximum atomic E-state index is 13.4. The monoisotopic (exact) mass is 314 g/mol. The van der Waals surface area contributed by atoms with Gasteiger partial charge in [0.2, 0.25) is 0 Å². The Labute approximate surface area is 111 Å². The molecule has 0 amide bonds. The number of hydrogen-bond donors (Lipinski definition) is 1. The van der Waals surface area contributed by atoms with Crippen molar-refractivity contribution in [2.24, 2.45) is 0 Å². The predicted octanol–water partition coefficient (Wildman–Crippen LogP) is 3.28. The third kappa shape index (κ3) is 2.95. The smallest absolute Gasteiger partial charge is 0.167 e. The van der Waals surface area contributed by atoms with Gasteiger partial charge < -0.3 is 10.5 Å². The van der Waals surface area contributed by atoms with E-state index in [1.165, 1.54) is 0 Å². The lowest BCUT2D eigenvalue weighted by atomic mass is 10.2. The highest BCUT2D eigenvalue weighted by atomic mass is 79.9.